The largest absolute Gasteiger partial charge is 0.123 e. The fourth-order valence-electron chi connectivity index (χ4n) is 1.90. The number of alkyl halides is 1. The van der Waals surface area contributed by atoms with Gasteiger partial charge in [0.2, 0.25) is 0 Å². The highest BCUT2D eigenvalue weighted by molar-refractivity contribution is 6.20. The number of hydrogen-bond donors (Lipinski definition) is 0. The fraction of sp³-hybridized carbons (Fsp3) is 0.500. The molecule has 1 atom stereocenters. The summed E-state index contributed by atoms with van der Waals surface area (Å²) in [5, 5.41) is 0.296. The van der Waals surface area contributed by atoms with Crippen LogP contribution in [0.5, 0.6) is 0 Å². The lowest BCUT2D eigenvalue weighted by Gasteiger charge is -2.11. The normalized spacial score (nSPS) is 13.7. The number of halogens is 1. The van der Waals surface area contributed by atoms with Crippen molar-refractivity contribution in [3.05, 3.63) is 41.5 Å². The van der Waals surface area contributed by atoms with Gasteiger partial charge < -0.3 is 0 Å². The van der Waals surface area contributed by atoms with Crippen LogP contribution in [0.1, 0.15) is 51.5 Å². The zero-order chi connectivity index (χ0) is 12.5. The lowest BCUT2D eigenvalue weighted by Crippen LogP contribution is -2.00. The molecule has 0 fully saturated rings. The van der Waals surface area contributed by atoms with E-state index in [1.807, 2.05) is 0 Å². The van der Waals surface area contributed by atoms with Gasteiger partial charge in [0.05, 0.1) is 0 Å². The quantitative estimate of drug-likeness (QED) is 0.547. The molecule has 0 amide bonds. The highest BCUT2D eigenvalue weighted by Gasteiger charge is 2.06. The maximum Gasteiger partial charge on any atom is 0.0373 e. The first kappa shape index (κ1) is 14.3. The van der Waals surface area contributed by atoms with Gasteiger partial charge in [-0.25, -0.2) is 0 Å². The van der Waals surface area contributed by atoms with Crippen LogP contribution in [0.4, 0.5) is 0 Å². The molecule has 1 rings (SSSR count). The topological polar surface area (TPSA) is 0 Å². The summed E-state index contributed by atoms with van der Waals surface area (Å²) in [5.41, 5.74) is 2.73. The van der Waals surface area contributed by atoms with E-state index in [0.717, 1.165) is 19.3 Å². The number of hydrogen-bond acceptors (Lipinski definition) is 0. The number of unbranched alkanes of at least 4 members (excludes halogenated alkanes) is 1. The molecule has 0 aliphatic rings. The lowest BCUT2D eigenvalue weighted by atomic mass is 10.0. The molecule has 0 spiro atoms. The van der Waals surface area contributed by atoms with Gasteiger partial charge in [0.15, 0.2) is 0 Å². The van der Waals surface area contributed by atoms with Gasteiger partial charge in [0.25, 0.3) is 0 Å². The van der Waals surface area contributed by atoms with Crippen molar-refractivity contribution in [1.29, 1.82) is 0 Å². The van der Waals surface area contributed by atoms with E-state index in [-0.39, 0.29) is 0 Å². The van der Waals surface area contributed by atoms with E-state index in [0.29, 0.717) is 5.38 Å². The molecular formula is C16H23Cl. The first-order valence-electron chi connectivity index (χ1n) is 6.64. The predicted octanol–water partition coefficient (Wildman–Crippen LogP) is 5.67. The number of allylic oxidation sites excluding steroid dienone is 1. The Morgan fingerprint density at radius 1 is 1.24 bits per heavy atom. The first-order valence-corrected chi connectivity index (χ1v) is 7.08. The Bertz CT molecular complexity index is 327. The van der Waals surface area contributed by atoms with Gasteiger partial charge in [-0.3, -0.25) is 0 Å². The minimum Gasteiger partial charge on any atom is -0.123 e. The van der Waals surface area contributed by atoms with Crippen LogP contribution in [-0.2, 0) is 0 Å². The van der Waals surface area contributed by atoms with Crippen molar-refractivity contribution in [2.24, 2.45) is 0 Å². The Kier molecular flexibility index (Phi) is 7.04. The number of rotatable bonds is 7. The van der Waals surface area contributed by atoms with Gasteiger partial charge in [-0.1, -0.05) is 68.7 Å². The molecule has 0 N–H and O–H groups in total. The van der Waals surface area contributed by atoms with Gasteiger partial charge >= 0.3 is 0 Å². The zero-order valence-electron chi connectivity index (χ0n) is 11.0. The molecule has 1 heteroatoms. The third-order valence-electron chi connectivity index (χ3n) is 2.98. The van der Waals surface area contributed by atoms with E-state index in [9.17, 15) is 0 Å². The second-order valence-corrected chi connectivity index (χ2v) is 5.13. The van der Waals surface area contributed by atoms with Crippen molar-refractivity contribution < 1.29 is 0 Å². The van der Waals surface area contributed by atoms with Crippen molar-refractivity contribution in [2.75, 3.05) is 0 Å². The van der Waals surface area contributed by atoms with Crippen LogP contribution in [-0.4, -0.2) is 5.38 Å². The van der Waals surface area contributed by atoms with Gasteiger partial charge in [-0.05, 0) is 24.8 Å². The molecule has 0 saturated heterocycles. The van der Waals surface area contributed by atoms with Crippen molar-refractivity contribution in [2.45, 2.75) is 51.3 Å². The Balaban J connectivity index is 2.56. The smallest absolute Gasteiger partial charge is 0.0373 e. The summed E-state index contributed by atoms with van der Waals surface area (Å²) in [6.07, 6.45) is 7.98. The number of benzene rings is 1. The zero-order valence-corrected chi connectivity index (χ0v) is 11.7. The van der Waals surface area contributed by atoms with Gasteiger partial charge in [-0.15, -0.1) is 11.6 Å². The van der Waals surface area contributed by atoms with Crippen LogP contribution in [0.15, 0.2) is 35.9 Å². The molecule has 1 unspecified atom stereocenters. The van der Waals surface area contributed by atoms with Crippen molar-refractivity contribution >= 4 is 17.7 Å². The summed E-state index contributed by atoms with van der Waals surface area (Å²) >= 11 is 6.36. The Hall–Kier alpha value is -0.750. The molecule has 0 bridgehead atoms. The molecule has 17 heavy (non-hydrogen) atoms. The average Bonchev–Trinajstić information content (AvgIpc) is 2.36. The first-order chi connectivity index (χ1) is 8.26. The summed E-state index contributed by atoms with van der Waals surface area (Å²) in [6.45, 7) is 4.42. The van der Waals surface area contributed by atoms with Gasteiger partial charge in [0.1, 0.15) is 0 Å². The van der Waals surface area contributed by atoms with Gasteiger partial charge in [-0.2, -0.15) is 0 Å². The van der Waals surface area contributed by atoms with Crippen LogP contribution in [0.2, 0.25) is 0 Å². The van der Waals surface area contributed by atoms with Crippen LogP contribution >= 0.6 is 11.6 Å². The van der Waals surface area contributed by atoms with Crippen LogP contribution in [0.3, 0.4) is 0 Å². The molecule has 0 aromatic heterocycles. The van der Waals surface area contributed by atoms with Crippen molar-refractivity contribution in [3.8, 4) is 0 Å². The summed E-state index contributed by atoms with van der Waals surface area (Å²) in [7, 11) is 0. The molecule has 0 nitrogen and oxygen atoms in total. The molecule has 0 aliphatic carbocycles. The van der Waals surface area contributed by atoms with Crippen molar-refractivity contribution in [3.63, 3.8) is 0 Å². The molecule has 1 aromatic carbocycles. The lowest BCUT2D eigenvalue weighted by molar-refractivity contribution is 0.666. The van der Waals surface area contributed by atoms with E-state index >= 15 is 0 Å². The maximum atomic E-state index is 6.36. The molecule has 94 valence electrons. The van der Waals surface area contributed by atoms with Crippen LogP contribution in [0, 0.1) is 0 Å². The average molecular weight is 251 g/mol. The minimum absolute atomic E-state index is 0.296. The molecule has 0 heterocycles. The van der Waals surface area contributed by atoms with Crippen LogP contribution in [0.25, 0.3) is 6.08 Å². The predicted molar refractivity (Wildman–Crippen MR) is 78.5 cm³/mol. The third-order valence-corrected chi connectivity index (χ3v) is 3.35. The van der Waals surface area contributed by atoms with E-state index < -0.39 is 0 Å². The third kappa shape index (κ3) is 5.93. The summed E-state index contributed by atoms with van der Waals surface area (Å²) < 4.78 is 0. The van der Waals surface area contributed by atoms with Crippen LogP contribution < -0.4 is 0 Å². The van der Waals surface area contributed by atoms with Crippen molar-refractivity contribution in [1.82, 2.24) is 0 Å². The maximum absolute atomic E-state index is 6.36. The van der Waals surface area contributed by atoms with E-state index in [1.54, 1.807) is 0 Å². The summed E-state index contributed by atoms with van der Waals surface area (Å²) in [6, 6.07) is 10.5. The molecule has 0 radical (unpaired) electrons. The highest BCUT2D eigenvalue weighted by Crippen LogP contribution is 2.21. The second-order valence-electron chi connectivity index (χ2n) is 4.51. The second kappa shape index (κ2) is 8.36. The Labute approximate surface area is 111 Å². The monoisotopic (exact) mass is 250 g/mol. The SMILES string of the molecule is CCCCC(Cl)CC(=Cc1ccccc1)CC. The fourth-order valence-corrected chi connectivity index (χ4v) is 2.25. The molecule has 0 aliphatic heterocycles. The van der Waals surface area contributed by atoms with E-state index in [1.165, 1.54) is 24.0 Å². The Morgan fingerprint density at radius 3 is 2.53 bits per heavy atom. The molecule has 1 aromatic rings. The standard InChI is InChI=1S/C16H23Cl/c1-3-5-11-16(17)13-14(4-2)12-15-9-7-6-8-10-15/h6-10,12,16H,3-5,11,13H2,1-2H3. The molecule has 0 saturated carbocycles. The van der Waals surface area contributed by atoms with E-state index in [2.05, 4.69) is 50.3 Å². The molecular weight excluding hydrogens is 228 g/mol. The highest BCUT2D eigenvalue weighted by atomic mass is 35.5. The summed E-state index contributed by atoms with van der Waals surface area (Å²) in [4.78, 5) is 0. The minimum atomic E-state index is 0.296. The Morgan fingerprint density at radius 2 is 1.94 bits per heavy atom. The van der Waals surface area contributed by atoms with Gasteiger partial charge in [0, 0.05) is 5.38 Å². The van der Waals surface area contributed by atoms with E-state index in [4.69, 9.17) is 11.6 Å². The summed E-state index contributed by atoms with van der Waals surface area (Å²) in [5.74, 6) is 0.